The third kappa shape index (κ3) is 4.17. The zero-order valence-electron chi connectivity index (χ0n) is 14.3. The number of nitrogens with one attached hydrogen (secondary N) is 1. The maximum absolute atomic E-state index is 11.0. The Hall–Kier alpha value is -2.27. The highest BCUT2D eigenvalue weighted by atomic mass is 16.1. The van der Waals surface area contributed by atoms with Crippen molar-refractivity contribution in [2.75, 3.05) is 6.54 Å². The van der Waals surface area contributed by atoms with Crippen LogP contribution in [0.1, 0.15) is 48.5 Å². The molecule has 0 radical (unpaired) electrons. The fraction of sp³-hybridized carbons (Fsp3) is 0.421. The van der Waals surface area contributed by atoms with Gasteiger partial charge in [0, 0.05) is 31.9 Å². The van der Waals surface area contributed by atoms with Crippen molar-refractivity contribution in [3.8, 4) is 0 Å². The van der Waals surface area contributed by atoms with Crippen LogP contribution < -0.4 is 5.32 Å². The fourth-order valence-corrected chi connectivity index (χ4v) is 3.21. The molecule has 3 rings (SSSR count). The quantitative estimate of drug-likeness (QED) is 0.919. The first-order chi connectivity index (χ1) is 11.6. The summed E-state index contributed by atoms with van der Waals surface area (Å²) in [5.74, 6) is -0.0216. The minimum absolute atomic E-state index is 0.0216. The monoisotopic (exact) mass is 324 g/mol. The van der Waals surface area contributed by atoms with Gasteiger partial charge in [-0.3, -0.25) is 19.7 Å². The molecule has 24 heavy (non-hydrogen) atoms. The third-order valence-electron chi connectivity index (χ3n) is 4.41. The van der Waals surface area contributed by atoms with E-state index in [9.17, 15) is 4.79 Å². The zero-order chi connectivity index (χ0) is 16.9. The van der Waals surface area contributed by atoms with Crippen LogP contribution in [0.25, 0.3) is 0 Å². The van der Waals surface area contributed by atoms with Crippen molar-refractivity contribution >= 4 is 5.91 Å². The van der Waals surface area contributed by atoms with Crippen molar-refractivity contribution in [2.24, 2.45) is 0 Å². The highest BCUT2D eigenvalue weighted by Crippen LogP contribution is 2.31. The van der Waals surface area contributed by atoms with Gasteiger partial charge in [0.15, 0.2) is 0 Å². The van der Waals surface area contributed by atoms with E-state index in [1.54, 1.807) is 0 Å². The first kappa shape index (κ1) is 16.6. The Kier molecular flexibility index (Phi) is 5.20. The summed E-state index contributed by atoms with van der Waals surface area (Å²) in [5.41, 5.74) is 4.30. The smallest absolute Gasteiger partial charge is 0.217 e. The molecule has 0 aromatic carbocycles. The number of likely N-dealkylation sites (tertiary alicyclic amines) is 1. The van der Waals surface area contributed by atoms with Gasteiger partial charge in [0.25, 0.3) is 0 Å². The lowest BCUT2D eigenvalue weighted by atomic mass is 10.1. The molecule has 0 aliphatic carbocycles. The highest BCUT2D eigenvalue weighted by molar-refractivity contribution is 5.72. The molecule has 1 N–H and O–H groups in total. The van der Waals surface area contributed by atoms with Crippen LogP contribution in [0.15, 0.2) is 36.5 Å². The van der Waals surface area contributed by atoms with Crippen LogP contribution in [-0.4, -0.2) is 27.3 Å². The topological polar surface area (TPSA) is 58.1 Å². The van der Waals surface area contributed by atoms with Crippen molar-refractivity contribution < 1.29 is 4.79 Å². The van der Waals surface area contributed by atoms with Crippen LogP contribution in [0.5, 0.6) is 0 Å². The maximum Gasteiger partial charge on any atom is 0.217 e. The molecule has 0 unspecified atom stereocenters. The van der Waals surface area contributed by atoms with Crippen LogP contribution in [0, 0.1) is 6.92 Å². The van der Waals surface area contributed by atoms with Crippen molar-refractivity contribution in [1.29, 1.82) is 0 Å². The number of amides is 1. The van der Waals surface area contributed by atoms with E-state index in [1.165, 1.54) is 13.3 Å². The molecule has 1 aliphatic heterocycles. The van der Waals surface area contributed by atoms with Gasteiger partial charge in [0.2, 0.25) is 5.91 Å². The highest BCUT2D eigenvalue weighted by Gasteiger charge is 2.27. The fourth-order valence-electron chi connectivity index (χ4n) is 3.21. The molecule has 1 saturated heterocycles. The van der Waals surface area contributed by atoms with E-state index in [0.29, 0.717) is 12.6 Å². The van der Waals surface area contributed by atoms with Gasteiger partial charge in [0.05, 0.1) is 17.4 Å². The Morgan fingerprint density at radius 3 is 2.92 bits per heavy atom. The van der Waals surface area contributed by atoms with E-state index in [2.05, 4.69) is 44.5 Å². The van der Waals surface area contributed by atoms with Crippen LogP contribution in [0.2, 0.25) is 0 Å². The number of carbonyl (C=O) groups is 1. The average molecular weight is 324 g/mol. The Bertz CT molecular complexity index is 699. The van der Waals surface area contributed by atoms with E-state index in [-0.39, 0.29) is 5.91 Å². The van der Waals surface area contributed by atoms with Crippen molar-refractivity contribution in [3.63, 3.8) is 0 Å². The van der Waals surface area contributed by atoms with Crippen molar-refractivity contribution in [3.05, 3.63) is 59.2 Å². The van der Waals surface area contributed by atoms with Gasteiger partial charge in [-0.15, -0.1) is 0 Å². The largest absolute Gasteiger partial charge is 0.352 e. The van der Waals surface area contributed by atoms with Gasteiger partial charge in [-0.2, -0.15) is 0 Å². The summed E-state index contributed by atoms with van der Waals surface area (Å²) in [5, 5.41) is 2.80. The molecule has 126 valence electrons. The zero-order valence-corrected chi connectivity index (χ0v) is 14.3. The normalized spacial score (nSPS) is 17.8. The minimum atomic E-state index is -0.0216. The molecule has 0 spiro atoms. The van der Waals surface area contributed by atoms with Gasteiger partial charge in [-0.25, -0.2) is 0 Å². The van der Waals surface area contributed by atoms with Gasteiger partial charge in [-0.05, 0) is 50.1 Å². The molecular formula is C19H24N4O. The molecule has 0 saturated carbocycles. The summed E-state index contributed by atoms with van der Waals surface area (Å²) in [4.78, 5) is 22.7. The van der Waals surface area contributed by atoms with Gasteiger partial charge in [-0.1, -0.05) is 12.1 Å². The molecule has 1 atom stereocenters. The van der Waals surface area contributed by atoms with E-state index in [4.69, 9.17) is 0 Å². The SMILES string of the molecule is CC(=O)NCc1ccc([C@@H]2CCCN2Cc2cccc(C)n2)nc1. The third-order valence-corrected chi connectivity index (χ3v) is 4.41. The number of aryl methyl sites for hydroxylation is 1. The lowest BCUT2D eigenvalue weighted by Crippen LogP contribution is -2.24. The summed E-state index contributed by atoms with van der Waals surface area (Å²) >= 11 is 0. The van der Waals surface area contributed by atoms with Gasteiger partial charge in [0.1, 0.15) is 0 Å². The van der Waals surface area contributed by atoms with Crippen LogP contribution in [0.3, 0.4) is 0 Å². The number of nitrogens with zero attached hydrogens (tertiary/aromatic N) is 3. The molecule has 2 aromatic rings. The summed E-state index contributed by atoms with van der Waals surface area (Å²) < 4.78 is 0. The van der Waals surface area contributed by atoms with Gasteiger partial charge < -0.3 is 5.32 Å². The van der Waals surface area contributed by atoms with Crippen LogP contribution >= 0.6 is 0 Å². The maximum atomic E-state index is 11.0. The second-order valence-corrected chi connectivity index (χ2v) is 6.40. The van der Waals surface area contributed by atoms with E-state index >= 15 is 0 Å². The first-order valence-corrected chi connectivity index (χ1v) is 8.47. The van der Waals surface area contributed by atoms with Crippen LogP contribution in [0.4, 0.5) is 0 Å². The summed E-state index contributed by atoms with van der Waals surface area (Å²) in [6.07, 6.45) is 4.18. The summed E-state index contributed by atoms with van der Waals surface area (Å²) in [7, 11) is 0. The predicted molar refractivity (Wildman–Crippen MR) is 93.1 cm³/mol. The van der Waals surface area contributed by atoms with E-state index in [1.807, 2.05) is 19.2 Å². The number of carbonyl (C=O) groups excluding carboxylic acids is 1. The standard InChI is InChI=1S/C19H24N4O/c1-14-5-3-6-17(22-14)13-23-10-4-7-19(23)18-9-8-16(12-21-18)11-20-15(2)24/h3,5-6,8-9,12,19H,4,7,10-11,13H2,1-2H3,(H,20,24)/t19-/m0/s1. The van der Waals surface area contributed by atoms with Gasteiger partial charge >= 0.3 is 0 Å². The molecular weight excluding hydrogens is 300 g/mol. The molecule has 3 heterocycles. The Labute approximate surface area is 143 Å². The minimum Gasteiger partial charge on any atom is -0.352 e. The second-order valence-electron chi connectivity index (χ2n) is 6.40. The molecule has 1 fully saturated rings. The lowest BCUT2D eigenvalue weighted by Gasteiger charge is -2.24. The molecule has 1 aliphatic rings. The Balaban J connectivity index is 1.67. The van der Waals surface area contributed by atoms with E-state index < -0.39 is 0 Å². The number of rotatable bonds is 5. The van der Waals surface area contributed by atoms with Crippen LogP contribution in [-0.2, 0) is 17.9 Å². The second kappa shape index (κ2) is 7.53. The summed E-state index contributed by atoms with van der Waals surface area (Å²) in [6, 6.07) is 10.7. The van der Waals surface area contributed by atoms with Crippen molar-refractivity contribution in [1.82, 2.24) is 20.2 Å². The predicted octanol–water partition coefficient (Wildman–Crippen LogP) is 2.76. The van der Waals surface area contributed by atoms with E-state index in [0.717, 1.165) is 42.2 Å². The molecule has 1 amide bonds. The van der Waals surface area contributed by atoms with Crippen molar-refractivity contribution in [2.45, 2.75) is 45.8 Å². The molecule has 5 heteroatoms. The lowest BCUT2D eigenvalue weighted by molar-refractivity contribution is -0.119. The number of aromatic nitrogens is 2. The Morgan fingerprint density at radius 2 is 2.21 bits per heavy atom. The number of hydrogen-bond donors (Lipinski definition) is 1. The number of hydrogen-bond acceptors (Lipinski definition) is 4. The summed E-state index contributed by atoms with van der Waals surface area (Å²) in [6.45, 7) is 6.03. The average Bonchev–Trinajstić information content (AvgIpc) is 3.01. The number of pyridine rings is 2. The molecule has 5 nitrogen and oxygen atoms in total. The molecule has 0 bridgehead atoms. The first-order valence-electron chi connectivity index (χ1n) is 8.47. The Morgan fingerprint density at radius 1 is 1.33 bits per heavy atom. The molecule has 2 aromatic heterocycles.